The fourth-order valence-electron chi connectivity index (χ4n) is 6.50. The number of carbonyl (C=O) groups is 1. The lowest BCUT2D eigenvalue weighted by atomic mass is 10.1. The van der Waals surface area contributed by atoms with Gasteiger partial charge in [-0.15, -0.1) is 0 Å². The zero-order valence-corrected chi connectivity index (χ0v) is 25.7. The minimum Gasteiger partial charge on any atom is -0.495 e. The Hall–Kier alpha value is -4.42. The zero-order chi connectivity index (χ0) is 31.6. The highest BCUT2D eigenvalue weighted by Crippen LogP contribution is 2.51. The van der Waals surface area contributed by atoms with Crippen molar-refractivity contribution < 1.29 is 23.8 Å². The van der Waals surface area contributed by atoms with E-state index in [1.807, 2.05) is 31.1 Å². The molecule has 3 aliphatic rings. The largest absolute Gasteiger partial charge is 0.495 e. The van der Waals surface area contributed by atoms with Gasteiger partial charge in [0, 0.05) is 49.0 Å². The van der Waals surface area contributed by atoms with Gasteiger partial charge in [-0.2, -0.15) is 0 Å². The van der Waals surface area contributed by atoms with Crippen LogP contribution in [0.1, 0.15) is 23.2 Å². The molecule has 3 aromatic heterocycles. The average molecular weight is 635 g/mol. The molecule has 1 N–H and O–H groups in total. The number of piperidine rings is 1. The molecule has 1 aliphatic carbocycles. The summed E-state index contributed by atoms with van der Waals surface area (Å²) in [6.45, 7) is 1.93. The Morgan fingerprint density at radius 2 is 1.98 bits per heavy atom. The van der Waals surface area contributed by atoms with Crippen molar-refractivity contribution in [2.45, 2.75) is 31.0 Å². The van der Waals surface area contributed by atoms with E-state index >= 15 is 4.39 Å². The highest BCUT2D eigenvalue weighted by molar-refractivity contribution is 6.33. The molecule has 13 heteroatoms. The normalized spacial score (nSPS) is 20.8. The van der Waals surface area contributed by atoms with Crippen LogP contribution in [0.15, 0.2) is 53.7 Å². The summed E-state index contributed by atoms with van der Waals surface area (Å²) < 4.78 is 28.8. The summed E-state index contributed by atoms with van der Waals surface area (Å²) in [5.41, 5.74) is 0.0599. The van der Waals surface area contributed by atoms with E-state index in [9.17, 15) is 14.7 Å². The van der Waals surface area contributed by atoms with E-state index in [1.54, 1.807) is 29.1 Å². The lowest BCUT2D eigenvalue weighted by Gasteiger charge is -2.43. The Labute approximate surface area is 263 Å². The number of methoxy groups -OCH3 is 1. The number of hydrogen-bond acceptors (Lipinski definition) is 9. The summed E-state index contributed by atoms with van der Waals surface area (Å²) in [7, 11) is 5.60. The van der Waals surface area contributed by atoms with Crippen LogP contribution in [-0.4, -0.2) is 89.5 Å². The number of anilines is 2. The number of hydrogen-bond donors (Lipinski definition) is 1. The van der Waals surface area contributed by atoms with Gasteiger partial charge in [0.15, 0.2) is 0 Å². The molecule has 234 valence electrons. The highest BCUT2D eigenvalue weighted by atomic mass is 35.5. The minimum atomic E-state index is -1.39. The van der Waals surface area contributed by atoms with E-state index in [1.165, 1.54) is 13.3 Å². The molecule has 3 atom stereocenters. The second-order valence-electron chi connectivity index (χ2n) is 12.1. The van der Waals surface area contributed by atoms with Gasteiger partial charge in [-0.1, -0.05) is 11.6 Å². The van der Waals surface area contributed by atoms with Gasteiger partial charge in [0.05, 0.1) is 36.2 Å². The van der Waals surface area contributed by atoms with E-state index in [2.05, 4.69) is 19.8 Å². The van der Waals surface area contributed by atoms with Crippen LogP contribution in [0.2, 0.25) is 5.02 Å². The fourth-order valence-corrected chi connectivity index (χ4v) is 6.74. The molecule has 45 heavy (non-hydrogen) atoms. The molecule has 0 radical (unpaired) electrons. The molecule has 0 amide bonds. The number of nitrogens with zero attached hydrogens (tertiary/aromatic N) is 6. The third kappa shape index (κ3) is 5.11. The minimum absolute atomic E-state index is 0.0245. The smallest absolute Gasteiger partial charge is 0.341 e. The van der Waals surface area contributed by atoms with Gasteiger partial charge in [-0.25, -0.2) is 19.2 Å². The molecule has 3 fully saturated rings. The molecule has 1 aromatic carbocycles. The fraction of sp³-hybridized carbons (Fsp3) is 0.375. The standard InChI is InChI=1S/C32H32ClFN6O5/c1-37(2)20-13-38(14-20)28-5-4-18(12-36-28)39-15-22(32(42)43)30(41)21-10-23(34)26(11-25(21)39)40-19(8-17-9-24(17)40)16-45-31-29(33)27(44-3)6-7-35-31/h4-7,10-12,15,17,19-20,24H,8-9,13-14,16H2,1-3H3,(H,42,43)/t17-,19+,24+/m0/s1. The van der Waals surface area contributed by atoms with Crippen LogP contribution in [0.4, 0.5) is 15.9 Å². The molecule has 2 aliphatic heterocycles. The van der Waals surface area contributed by atoms with Crippen LogP contribution in [0.25, 0.3) is 16.6 Å². The number of pyridine rings is 3. The number of aromatic nitrogens is 3. The van der Waals surface area contributed by atoms with Crippen LogP contribution in [-0.2, 0) is 0 Å². The van der Waals surface area contributed by atoms with Crippen molar-refractivity contribution in [1.82, 2.24) is 19.4 Å². The summed E-state index contributed by atoms with van der Waals surface area (Å²) in [5.74, 6) is -0.121. The second kappa shape index (κ2) is 11.2. The first-order chi connectivity index (χ1) is 21.6. The molecule has 7 rings (SSSR count). The van der Waals surface area contributed by atoms with Gasteiger partial charge in [-0.05, 0) is 57.1 Å². The monoisotopic (exact) mass is 634 g/mol. The molecule has 0 spiro atoms. The molecule has 11 nitrogen and oxygen atoms in total. The SMILES string of the molecule is COc1ccnc(OC[C@H]2C[C@H]3C[C@H]3N2c2cc3c(cc2F)c(=O)c(C(=O)O)cn3-c2ccc(N3CC(N(C)C)C3)nc2)c1Cl. The number of carboxylic acids is 1. The second-order valence-corrected chi connectivity index (χ2v) is 12.4. The van der Waals surface area contributed by atoms with Gasteiger partial charge in [0.2, 0.25) is 11.3 Å². The van der Waals surface area contributed by atoms with Crippen molar-refractivity contribution in [1.29, 1.82) is 0 Å². The molecular weight excluding hydrogens is 603 g/mol. The van der Waals surface area contributed by atoms with E-state index < -0.39 is 22.8 Å². The van der Waals surface area contributed by atoms with E-state index in [4.69, 9.17) is 21.1 Å². The quantitative estimate of drug-likeness (QED) is 0.289. The van der Waals surface area contributed by atoms with E-state index in [0.29, 0.717) is 34.6 Å². The zero-order valence-electron chi connectivity index (χ0n) is 25.0. The Kier molecular flexibility index (Phi) is 7.28. The maximum atomic E-state index is 15.9. The number of ether oxygens (including phenoxy) is 2. The summed E-state index contributed by atoms with van der Waals surface area (Å²) in [6, 6.07) is 8.53. The van der Waals surface area contributed by atoms with Crippen LogP contribution in [0, 0.1) is 11.7 Å². The lowest BCUT2D eigenvalue weighted by molar-refractivity contribution is 0.0695. The lowest BCUT2D eigenvalue weighted by Crippen LogP contribution is -2.57. The van der Waals surface area contributed by atoms with Crippen molar-refractivity contribution in [2.24, 2.45) is 5.92 Å². The van der Waals surface area contributed by atoms with Crippen LogP contribution >= 0.6 is 11.6 Å². The first-order valence-electron chi connectivity index (χ1n) is 14.7. The summed E-state index contributed by atoms with van der Waals surface area (Å²) in [4.78, 5) is 40.5. The van der Waals surface area contributed by atoms with E-state index in [-0.39, 0.29) is 35.0 Å². The van der Waals surface area contributed by atoms with E-state index in [0.717, 1.165) is 37.8 Å². The number of halogens is 2. The Morgan fingerprint density at radius 1 is 1.18 bits per heavy atom. The number of benzene rings is 1. The van der Waals surface area contributed by atoms with Gasteiger partial charge < -0.3 is 33.8 Å². The average Bonchev–Trinajstić information content (AvgIpc) is 3.66. The predicted octanol–water partition coefficient (Wildman–Crippen LogP) is 4.08. The molecule has 0 bridgehead atoms. The Bertz CT molecular complexity index is 1860. The number of likely N-dealkylation sites (N-methyl/N-ethyl adjacent to an activating group) is 1. The molecule has 0 unspecified atom stereocenters. The number of fused-ring (bicyclic) bond motifs is 2. The first-order valence-corrected chi connectivity index (χ1v) is 15.1. The number of rotatable bonds is 9. The van der Waals surface area contributed by atoms with Crippen LogP contribution < -0.4 is 24.7 Å². The van der Waals surface area contributed by atoms with Crippen molar-refractivity contribution in [3.05, 3.63) is 75.5 Å². The van der Waals surface area contributed by atoms with Crippen molar-refractivity contribution in [3.8, 4) is 17.3 Å². The van der Waals surface area contributed by atoms with Crippen molar-refractivity contribution in [2.75, 3.05) is 50.7 Å². The maximum absolute atomic E-state index is 15.9. The van der Waals surface area contributed by atoms with Crippen molar-refractivity contribution >= 4 is 40.0 Å². The maximum Gasteiger partial charge on any atom is 0.341 e. The van der Waals surface area contributed by atoms with Crippen LogP contribution in [0.3, 0.4) is 0 Å². The number of carboxylic acid groups (broad SMARTS) is 1. The third-order valence-corrected chi connectivity index (χ3v) is 9.52. The molecule has 5 heterocycles. The Morgan fingerprint density at radius 3 is 2.67 bits per heavy atom. The van der Waals surface area contributed by atoms with Gasteiger partial charge in [-0.3, -0.25) is 4.79 Å². The highest BCUT2D eigenvalue weighted by Gasteiger charge is 2.53. The summed E-state index contributed by atoms with van der Waals surface area (Å²) in [5, 5.41) is 10.1. The molecule has 2 saturated heterocycles. The molecule has 4 aromatic rings. The van der Waals surface area contributed by atoms with Gasteiger partial charge in [0.1, 0.15) is 34.6 Å². The summed E-state index contributed by atoms with van der Waals surface area (Å²) in [6.07, 6.45) is 6.20. The van der Waals surface area contributed by atoms with Gasteiger partial charge >= 0.3 is 5.97 Å². The summed E-state index contributed by atoms with van der Waals surface area (Å²) >= 11 is 6.39. The number of aromatic carboxylic acids is 1. The molecule has 1 saturated carbocycles. The third-order valence-electron chi connectivity index (χ3n) is 9.17. The topological polar surface area (TPSA) is 113 Å². The van der Waals surface area contributed by atoms with Gasteiger partial charge in [0.25, 0.3) is 0 Å². The predicted molar refractivity (Wildman–Crippen MR) is 168 cm³/mol. The van der Waals surface area contributed by atoms with Crippen LogP contribution in [0.5, 0.6) is 11.6 Å². The Balaban J connectivity index is 1.25. The first kappa shape index (κ1) is 29.3. The molecular formula is C32H32ClFN6O5. The van der Waals surface area contributed by atoms with Crippen molar-refractivity contribution in [3.63, 3.8) is 0 Å².